The van der Waals surface area contributed by atoms with Gasteiger partial charge in [0.15, 0.2) is 5.78 Å². The van der Waals surface area contributed by atoms with Crippen LogP contribution >= 0.6 is 0 Å². The summed E-state index contributed by atoms with van der Waals surface area (Å²) in [5, 5.41) is 23.1. The Bertz CT molecular complexity index is 734. The van der Waals surface area contributed by atoms with Crippen LogP contribution in [-0.4, -0.2) is 28.2 Å². The number of carbonyl (C=O) groups excluding carboxylic acids is 1. The highest BCUT2D eigenvalue weighted by Crippen LogP contribution is 2.68. The van der Waals surface area contributed by atoms with Crippen LogP contribution in [0, 0.1) is 39.9 Å². The first-order chi connectivity index (χ1) is 14.1. The quantitative estimate of drug-likeness (QED) is 0.466. The fourth-order valence-corrected chi connectivity index (χ4v) is 7.95. The molecule has 4 aliphatic rings. The van der Waals surface area contributed by atoms with Gasteiger partial charge in [-0.05, 0) is 67.3 Å². The molecular weight excluding hydrogens is 372 g/mol. The molecule has 0 heterocycles. The van der Waals surface area contributed by atoms with E-state index in [0.29, 0.717) is 12.3 Å². The van der Waals surface area contributed by atoms with Crippen LogP contribution in [0.4, 0.5) is 0 Å². The van der Waals surface area contributed by atoms with Gasteiger partial charge in [0, 0.05) is 16.7 Å². The standard InChI is InChI=1S/C27H42O3/c1-6-25(4)16-21(28)26(5)17(2)12-13-27(18(3)24(25)30)15-20(22(29)23(26)27)14-19-10-8-7-9-11-19/h6,14,17-19,21,23-24,28,30H,1,7-13,15-16H2,2-5H3/b20-14+/t17-,18+,21-,23+,24+,25-,26+,27+/m1/s1. The Morgan fingerprint density at radius 2 is 1.73 bits per heavy atom. The Morgan fingerprint density at radius 3 is 2.37 bits per heavy atom. The first-order valence-corrected chi connectivity index (χ1v) is 12.3. The molecule has 0 saturated heterocycles. The van der Waals surface area contributed by atoms with Crippen LogP contribution in [0.5, 0.6) is 0 Å². The molecule has 0 aromatic rings. The Labute approximate surface area is 183 Å². The lowest BCUT2D eigenvalue weighted by Gasteiger charge is -2.61. The lowest BCUT2D eigenvalue weighted by molar-refractivity contribution is -0.191. The fourth-order valence-electron chi connectivity index (χ4n) is 7.95. The predicted octanol–water partition coefficient (Wildman–Crippen LogP) is 5.46. The van der Waals surface area contributed by atoms with Gasteiger partial charge in [0.25, 0.3) is 0 Å². The number of rotatable bonds is 2. The van der Waals surface area contributed by atoms with Crippen LogP contribution in [0.2, 0.25) is 0 Å². The molecule has 3 nitrogen and oxygen atoms in total. The van der Waals surface area contributed by atoms with Crippen molar-refractivity contribution in [3.8, 4) is 0 Å². The van der Waals surface area contributed by atoms with Crippen LogP contribution in [0.15, 0.2) is 24.3 Å². The van der Waals surface area contributed by atoms with Crippen LogP contribution in [0.25, 0.3) is 0 Å². The summed E-state index contributed by atoms with van der Waals surface area (Å²) in [6.45, 7) is 12.6. The maximum Gasteiger partial charge on any atom is 0.162 e. The predicted molar refractivity (Wildman–Crippen MR) is 121 cm³/mol. The number of aliphatic hydroxyl groups excluding tert-OH is 2. The third-order valence-corrected chi connectivity index (χ3v) is 10.4. The number of hydrogen-bond acceptors (Lipinski definition) is 3. The first-order valence-electron chi connectivity index (χ1n) is 12.3. The molecule has 0 aromatic carbocycles. The van der Waals surface area contributed by atoms with Gasteiger partial charge in [-0.2, -0.15) is 0 Å². The zero-order valence-corrected chi connectivity index (χ0v) is 19.5. The third-order valence-electron chi connectivity index (χ3n) is 10.4. The van der Waals surface area contributed by atoms with Crippen molar-refractivity contribution in [1.29, 1.82) is 0 Å². The molecule has 0 radical (unpaired) electrons. The Kier molecular flexibility index (Phi) is 5.63. The van der Waals surface area contributed by atoms with Gasteiger partial charge >= 0.3 is 0 Å². The number of aliphatic hydroxyl groups is 2. The molecule has 3 heteroatoms. The minimum atomic E-state index is -0.625. The van der Waals surface area contributed by atoms with E-state index >= 15 is 0 Å². The SMILES string of the molecule is C=C[C@]1(C)C[C@@H](O)[C@]2(C)[C@H](C)CC[C@]3(C/C(=C\C4CCCCC4)C(=O)[C@H]32)[C@@H](C)[C@@H]1O. The van der Waals surface area contributed by atoms with Crippen molar-refractivity contribution < 1.29 is 15.0 Å². The number of Topliss-reactive ketones (excluding diaryl/α,β-unsaturated/α-hetero) is 1. The second kappa shape index (κ2) is 7.59. The number of hydrogen-bond donors (Lipinski definition) is 2. The molecule has 4 aliphatic carbocycles. The molecular formula is C27H42O3. The molecule has 2 bridgehead atoms. The maximum atomic E-state index is 14.0. The van der Waals surface area contributed by atoms with Gasteiger partial charge in [0.05, 0.1) is 12.2 Å². The zero-order chi connectivity index (χ0) is 21.9. The van der Waals surface area contributed by atoms with Crippen LogP contribution in [0.1, 0.15) is 85.5 Å². The highest BCUT2D eigenvalue weighted by molar-refractivity contribution is 6.01. The van der Waals surface area contributed by atoms with Crippen LogP contribution in [0.3, 0.4) is 0 Å². The Balaban J connectivity index is 1.84. The average molecular weight is 415 g/mol. The lowest BCUT2D eigenvalue weighted by atomic mass is 9.44. The van der Waals surface area contributed by atoms with Crippen LogP contribution in [-0.2, 0) is 4.79 Å². The molecule has 0 aromatic heterocycles. The van der Waals surface area contributed by atoms with Crippen molar-refractivity contribution in [2.75, 3.05) is 0 Å². The van der Waals surface area contributed by atoms with E-state index in [-0.39, 0.29) is 29.0 Å². The largest absolute Gasteiger partial charge is 0.392 e. The third kappa shape index (κ3) is 3.02. The van der Waals surface area contributed by atoms with E-state index in [1.165, 1.54) is 32.1 Å². The molecule has 30 heavy (non-hydrogen) atoms. The highest BCUT2D eigenvalue weighted by atomic mass is 16.3. The topological polar surface area (TPSA) is 57.5 Å². The molecule has 0 amide bonds. The smallest absolute Gasteiger partial charge is 0.162 e. The van der Waals surface area contributed by atoms with Gasteiger partial charge in [-0.1, -0.05) is 59.1 Å². The van der Waals surface area contributed by atoms with E-state index < -0.39 is 23.0 Å². The second-order valence-corrected chi connectivity index (χ2v) is 11.8. The van der Waals surface area contributed by atoms with Crippen molar-refractivity contribution in [1.82, 2.24) is 0 Å². The normalized spacial score (nSPS) is 51.3. The van der Waals surface area contributed by atoms with Gasteiger partial charge in [-0.25, -0.2) is 0 Å². The summed E-state index contributed by atoms with van der Waals surface area (Å²) in [5.41, 5.74) is -0.269. The van der Waals surface area contributed by atoms with Crippen molar-refractivity contribution in [3.63, 3.8) is 0 Å². The van der Waals surface area contributed by atoms with E-state index in [1.807, 2.05) is 13.0 Å². The number of allylic oxidation sites excluding steroid dienone is 2. The zero-order valence-electron chi connectivity index (χ0n) is 19.5. The summed E-state index contributed by atoms with van der Waals surface area (Å²) >= 11 is 0. The number of ketones is 1. The van der Waals surface area contributed by atoms with E-state index in [1.54, 1.807) is 0 Å². The van der Waals surface area contributed by atoms with E-state index in [2.05, 4.69) is 33.4 Å². The monoisotopic (exact) mass is 414 g/mol. The summed E-state index contributed by atoms with van der Waals surface area (Å²) in [7, 11) is 0. The molecule has 2 N–H and O–H groups in total. The Morgan fingerprint density at radius 1 is 1.07 bits per heavy atom. The molecule has 0 spiro atoms. The van der Waals surface area contributed by atoms with Crippen molar-refractivity contribution >= 4 is 5.78 Å². The Hall–Kier alpha value is -0.930. The molecule has 8 atom stereocenters. The number of carbonyl (C=O) groups is 1. The minimum Gasteiger partial charge on any atom is -0.392 e. The molecule has 0 unspecified atom stereocenters. The van der Waals surface area contributed by atoms with E-state index in [9.17, 15) is 15.0 Å². The van der Waals surface area contributed by atoms with Gasteiger partial charge in [-0.3, -0.25) is 4.79 Å². The van der Waals surface area contributed by atoms with E-state index in [4.69, 9.17) is 0 Å². The summed E-state index contributed by atoms with van der Waals surface area (Å²) in [6, 6.07) is 0. The van der Waals surface area contributed by atoms with Gasteiger partial charge < -0.3 is 10.2 Å². The summed E-state index contributed by atoms with van der Waals surface area (Å²) in [5.74, 6) is 0.867. The van der Waals surface area contributed by atoms with Gasteiger partial charge in [0.1, 0.15) is 0 Å². The summed E-state index contributed by atoms with van der Waals surface area (Å²) in [6.07, 6.45) is 12.3. The van der Waals surface area contributed by atoms with E-state index in [0.717, 1.165) is 24.8 Å². The van der Waals surface area contributed by atoms with Crippen molar-refractivity contribution in [2.45, 2.75) is 97.7 Å². The molecule has 4 rings (SSSR count). The first kappa shape index (κ1) is 22.3. The molecule has 4 saturated carbocycles. The van der Waals surface area contributed by atoms with Crippen LogP contribution < -0.4 is 0 Å². The lowest BCUT2D eigenvalue weighted by Crippen LogP contribution is -2.62. The highest BCUT2D eigenvalue weighted by Gasteiger charge is 2.68. The maximum absolute atomic E-state index is 14.0. The minimum absolute atomic E-state index is 0.00830. The molecule has 0 aliphatic heterocycles. The summed E-state index contributed by atoms with van der Waals surface area (Å²) < 4.78 is 0. The molecule has 4 fully saturated rings. The van der Waals surface area contributed by atoms with Crippen molar-refractivity contribution in [3.05, 3.63) is 24.3 Å². The van der Waals surface area contributed by atoms with Gasteiger partial charge in [-0.15, -0.1) is 6.58 Å². The van der Waals surface area contributed by atoms with Crippen molar-refractivity contribution in [2.24, 2.45) is 39.9 Å². The fraction of sp³-hybridized carbons (Fsp3) is 0.815. The van der Waals surface area contributed by atoms with Gasteiger partial charge in [0.2, 0.25) is 0 Å². The summed E-state index contributed by atoms with van der Waals surface area (Å²) in [4.78, 5) is 14.0. The second-order valence-electron chi connectivity index (χ2n) is 11.8. The average Bonchev–Trinajstić information content (AvgIpc) is 3.03. The molecule has 168 valence electrons.